The largest absolute Gasteiger partial charge is 0.390 e. The van der Waals surface area contributed by atoms with Gasteiger partial charge < -0.3 is 9.84 Å². The first kappa shape index (κ1) is 24.9. The summed E-state index contributed by atoms with van der Waals surface area (Å²) in [6.07, 6.45) is 21.2. The monoisotopic (exact) mass is 356 g/mol. The van der Waals surface area contributed by atoms with E-state index in [-0.39, 0.29) is 0 Å². The van der Waals surface area contributed by atoms with E-state index in [2.05, 4.69) is 20.8 Å². The van der Waals surface area contributed by atoms with Crippen LogP contribution in [0, 0.1) is 0 Å². The van der Waals surface area contributed by atoms with Crippen LogP contribution in [-0.4, -0.2) is 23.9 Å². The molecule has 0 amide bonds. The van der Waals surface area contributed by atoms with Crippen molar-refractivity contribution < 1.29 is 9.84 Å². The lowest BCUT2D eigenvalue weighted by Crippen LogP contribution is -2.27. The van der Waals surface area contributed by atoms with Crippen LogP contribution in [0.4, 0.5) is 0 Å². The third kappa shape index (κ3) is 17.1. The van der Waals surface area contributed by atoms with E-state index >= 15 is 0 Å². The highest BCUT2D eigenvalue weighted by molar-refractivity contribution is 4.76. The van der Waals surface area contributed by atoms with Crippen LogP contribution in [0.2, 0.25) is 0 Å². The fourth-order valence-electron chi connectivity index (χ4n) is 3.50. The Labute approximate surface area is 159 Å². The minimum atomic E-state index is -0.427. The molecular weight excluding hydrogens is 308 g/mol. The average Bonchev–Trinajstić information content (AvgIpc) is 2.62. The molecule has 1 atom stereocenters. The Kier molecular flexibility index (Phi) is 18.6. The van der Waals surface area contributed by atoms with Gasteiger partial charge in [0.05, 0.1) is 5.60 Å². The molecule has 0 aliphatic heterocycles. The fourth-order valence-corrected chi connectivity index (χ4v) is 3.50. The summed E-state index contributed by atoms with van der Waals surface area (Å²) in [5, 5.41) is 10.7. The lowest BCUT2D eigenvalue weighted by atomic mass is 9.88. The summed E-state index contributed by atoms with van der Waals surface area (Å²) in [7, 11) is 0. The van der Waals surface area contributed by atoms with Gasteiger partial charge in [-0.1, -0.05) is 91.4 Å². The predicted octanol–water partition coefficient (Wildman–Crippen LogP) is 7.43. The van der Waals surface area contributed by atoms with Crippen molar-refractivity contribution in [1.29, 1.82) is 0 Å². The fraction of sp³-hybridized carbons (Fsp3) is 1.00. The van der Waals surface area contributed by atoms with Gasteiger partial charge in [-0.15, -0.1) is 0 Å². The quantitative estimate of drug-likeness (QED) is 0.230. The standard InChI is InChI=1S/C23H48O2/c1-4-7-8-9-10-11-12-13-14-15-16-19-23(24,6-3)20-17-18-22-25-21-5-2/h24H,4-22H2,1-3H3. The highest BCUT2D eigenvalue weighted by Gasteiger charge is 2.23. The molecular formula is C23H48O2. The minimum absolute atomic E-state index is 0.427. The van der Waals surface area contributed by atoms with E-state index in [1.165, 1.54) is 70.6 Å². The molecule has 0 aliphatic carbocycles. The Morgan fingerprint density at radius 3 is 1.52 bits per heavy atom. The third-order valence-corrected chi connectivity index (χ3v) is 5.43. The summed E-state index contributed by atoms with van der Waals surface area (Å²) in [6, 6.07) is 0. The van der Waals surface area contributed by atoms with Crippen LogP contribution in [0.5, 0.6) is 0 Å². The molecule has 0 aromatic heterocycles. The maximum Gasteiger partial charge on any atom is 0.0645 e. The van der Waals surface area contributed by atoms with Gasteiger partial charge in [0.25, 0.3) is 0 Å². The summed E-state index contributed by atoms with van der Waals surface area (Å²) in [5.74, 6) is 0. The molecule has 0 radical (unpaired) electrons. The molecule has 0 aromatic rings. The van der Waals surface area contributed by atoms with Crippen LogP contribution in [0.1, 0.15) is 130 Å². The second-order valence-corrected chi connectivity index (χ2v) is 7.93. The van der Waals surface area contributed by atoms with Crippen molar-refractivity contribution in [2.45, 2.75) is 136 Å². The van der Waals surface area contributed by atoms with E-state index in [9.17, 15) is 5.11 Å². The number of aliphatic hydroxyl groups is 1. The van der Waals surface area contributed by atoms with Gasteiger partial charge in [0.1, 0.15) is 0 Å². The van der Waals surface area contributed by atoms with Crippen LogP contribution in [0.25, 0.3) is 0 Å². The Balaban J connectivity index is 3.46. The van der Waals surface area contributed by atoms with E-state index in [0.29, 0.717) is 0 Å². The molecule has 1 N–H and O–H groups in total. The smallest absolute Gasteiger partial charge is 0.0645 e. The zero-order chi connectivity index (χ0) is 18.6. The van der Waals surface area contributed by atoms with Gasteiger partial charge in [-0.2, -0.15) is 0 Å². The van der Waals surface area contributed by atoms with Crippen molar-refractivity contribution in [3.63, 3.8) is 0 Å². The highest BCUT2D eigenvalue weighted by atomic mass is 16.5. The number of unbranched alkanes of at least 4 members (excludes halogenated alkanes) is 11. The highest BCUT2D eigenvalue weighted by Crippen LogP contribution is 2.25. The minimum Gasteiger partial charge on any atom is -0.390 e. The number of hydrogen-bond acceptors (Lipinski definition) is 2. The van der Waals surface area contributed by atoms with Gasteiger partial charge in [-0.05, 0) is 38.5 Å². The van der Waals surface area contributed by atoms with Gasteiger partial charge in [-0.3, -0.25) is 0 Å². The SMILES string of the molecule is CCCCCCCCCCCCCC(O)(CC)CCCCOCCC. The van der Waals surface area contributed by atoms with E-state index in [1.54, 1.807) is 0 Å². The summed E-state index contributed by atoms with van der Waals surface area (Å²) >= 11 is 0. The molecule has 0 aromatic carbocycles. The molecule has 2 nitrogen and oxygen atoms in total. The summed E-state index contributed by atoms with van der Waals surface area (Å²) in [5.41, 5.74) is -0.427. The lowest BCUT2D eigenvalue weighted by molar-refractivity contribution is 0.0118. The predicted molar refractivity (Wildman–Crippen MR) is 111 cm³/mol. The van der Waals surface area contributed by atoms with Gasteiger partial charge in [-0.25, -0.2) is 0 Å². The number of rotatable bonds is 20. The molecule has 0 heterocycles. The molecule has 152 valence electrons. The van der Waals surface area contributed by atoms with Crippen LogP contribution in [0.3, 0.4) is 0 Å². The van der Waals surface area contributed by atoms with Crippen LogP contribution in [0.15, 0.2) is 0 Å². The summed E-state index contributed by atoms with van der Waals surface area (Å²) in [4.78, 5) is 0. The van der Waals surface area contributed by atoms with Crippen LogP contribution >= 0.6 is 0 Å². The average molecular weight is 357 g/mol. The molecule has 25 heavy (non-hydrogen) atoms. The Morgan fingerprint density at radius 1 is 0.560 bits per heavy atom. The van der Waals surface area contributed by atoms with Gasteiger partial charge >= 0.3 is 0 Å². The first-order chi connectivity index (χ1) is 12.2. The molecule has 0 fully saturated rings. The lowest BCUT2D eigenvalue weighted by Gasteiger charge is -2.27. The molecule has 0 aliphatic rings. The van der Waals surface area contributed by atoms with Crippen molar-refractivity contribution in [2.75, 3.05) is 13.2 Å². The Bertz CT molecular complexity index is 254. The molecule has 1 unspecified atom stereocenters. The van der Waals surface area contributed by atoms with E-state index < -0.39 is 5.60 Å². The van der Waals surface area contributed by atoms with Crippen molar-refractivity contribution in [3.05, 3.63) is 0 Å². The Hall–Kier alpha value is -0.0800. The van der Waals surface area contributed by atoms with E-state index in [1.807, 2.05) is 0 Å². The van der Waals surface area contributed by atoms with Crippen LogP contribution < -0.4 is 0 Å². The first-order valence-corrected chi connectivity index (χ1v) is 11.5. The normalized spacial score (nSPS) is 13.9. The first-order valence-electron chi connectivity index (χ1n) is 11.5. The molecule has 0 saturated carbocycles. The molecule has 0 rings (SSSR count). The zero-order valence-electron chi connectivity index (χ0n) is 17.8. The van der Waals surface area contributed by atoms with E-state index in [4.69, 9.17) is 4.74 Å². The van der Waals surface area contributed by atoms with Gasteiger partial charge in [0.15, 0.2) is 0 Å². The Morgan fingerprint density at radius 2 is 1.04 bits per heavy atom. The summed E-state index contributed by atoms with van der Waals surface area (Å²) < 4.78 is 5.52. The zero-order valence-corrected chi connectivity index (χ0v) is 17.8. The molecule has 2 heteroatoms. The second-order valence-electron chi connectivity index (χ2n) is 7.93. The molecule has 0 saturated heterocycles. The molecule has 0 bridgehead atoms. The molecule has 0 spiro atoms. The van der Waals surface area contributed by atoms with Crippen molar-refractivity contribution in [1.82, 2.24) is 0 Å². The van der Waals surface area contributed by atoms with E-state index in [0.717, 1.165) is 51.7 Å². The maximum absolute atomic E-state index is 10.7. The maximum atomic E-state index is 10.7. The van der Waals surface area contributed by atoms with Crippen molar-refractivity contribution in [2.24, 2.45) is 0 Å². The summed E-state index contributed by atoms with van der Waals surface area (Å²) in [6.45, 7) is 8.28. The van der Waals surface area contributed by atoms with Gasteiger partial charge in [0.2, 0.25) is 0 Å². The second kappa shape index (κ2) is 18.7. The van der Waals surface area contributed by atoms with Crippen molar-refractivity contribution >= 4 is 0 Å². The topological polar surface area (TPSA) is 29.5 Å². The van der Waals surface area contributed by atoms with Crippen molar-refractivity contribution in [3.8, 4) is 0 Å². The number of hydrogen-bond donors (Lipinski definition) is 1. The number of ether oxygens (including phenoxy) is 1. The third-order valence-electron chi connectivity index (χ3n) is 5.43. The van der Waals surface area contributed by atoms with Gasteiger partial charge in [0, 0.05) is 13.2 Å². The van der Waals surface area contributed by atoms with Crippen LogP contribution in [-0.2, 0) is 4.74 Å².